The van der Waals surface area contributed by atoms with Gasteiger partial charge in [-0.25, -0.2) is 0 Å². The summed E-state index contributed by atoms with van der Waals surface area (Å²) in [4.78, 5) is 0. The summed E-state index contributed by atoms with van der Waals surface area (Å²) in [7, 11) is 0. The molecule has 28 heavy (non-hydrogen) atoms. The fourth-order valence-corrected chi connectivity index (χ4v) is 6.17. The minimum Gasteiger partial charge on any atom is -0.135 e. The average Bonchev–Trinajstić information content (AvgIpc) is 3.26. The molecule has 0 aliphatic heterocycles. The molecule has 0 nitrogen and oxygen atoms in total. The van der Waals surface area contributed by atoms with Crippen molar-refractivity contribution >= 4 is 63.0 Å². The number of thiophene rings is 2. The Hall–Kier alpha value is -2.68. The first-order chi connectivity index (χ1) is 13.7. The molecule has 136 valence electrons. The molecule has 0 unspecified atom stereocenters. The molecular weight excluding hydrogens is 376 g/mol. The molecule has 0 radical (unpaired) electrons. The fourth-order valence-electron chi connectivity index (χ4n) is 3.78. The molecule has 6 aromatic rings. The first-order valence-corrected chi connectivity index (χ1v) is 11.1. The summed E-state index contributed by atoms with van der Waals surface area (Å²) in [6.45, 7) is 4.32. The van der Waals surface area contributed by atoms with E-state index in [0.29, 0.717) is 0 Å². The highest BCUT2D eigenvalue weighted by Crippen LogP contribution is 2.35. The van der Waals surface area contributed by atoms with Crippen LogP contribution in [0.2, 0.25) is 0 Å². The first kappa shape index (κ1) is 17.4. The summed E-state index contributed by atoms with van der Waals surface area (Å²) in [6, 6.07) is 30.4. The van der Waals surface area contributed by atoms with Gasteiger partial charge in [0, 0.05) is 40.3 Å². The van der Waals surface area contributed by atoms with E-state index in [0.717, 1.165) is 0 Å². The van der Waals surface area contributed by atoms with Crippen LogP contribution >= 0.6 is 22.7 Å². The summed E-state index contributed by atoms with van der Waals surface area (Å²) < 4.78 is 5.56. The molecule has 2 aromatic heterocycles. The summed E-state index contributed by atoms with van der Waals surface area (Å²) in [6.07, 6.45) is 0. The second-order valence-corrected chi connectivity index (χ2v) is 9.31. The van der Waals surface area contributed by atoms with E-state index in [4.69, 9.17) is 0 Å². The van der Waals surface area contributed by atoms with Crippen LogP contribution in [0, 0.1) is 13.8 Å². The summed E-state index contributed by atoms with van der Waals surface area (Å²) in [5.41, 5.74) is 2.71. The molecule has 2 heterocycles. The van der Waals surface area contributed by atoms with Gasteiger partial charge in [-0.15, -0.1) is 22.7 Å². The summed E-state index contributed by atoms with van der Waals surface area (Å²) >= 11 is 3.75. The highest BCUT2D eigenvalue weighted by Gasteiger charge is 2.05. The Morgan fingerprint density at radius 2 is 1.11 bits per heavy atom. The lowest BCUT2D eigenvalue weighted by atomic mass is 10.1. The zero-order valence-corrected chi connectivity index (χ0v) is 17.5. The van der Waals surface area contributed by atoms with E-state index in [1.807, 2.05) is 22.7 Å². The van der Waals surface area contributed by atoms with Crippen LogP contribution < -0.4 is 0 Å². The van der Waals surface area contributed by atoms with Gasteiger partial charge in [-0.1, -0.05) is 60.7 Å². The van der Waals surface area contributed by atoms with Crippen molar-refractivity contribution in [3.63, 3.8) is 0 Å². The van der Waals surface area contributed by atoms with Gasteiger partial charge in [0.15, 0.2) is 0 Å². The Morgan fingerprint density at radius 3 is 1.93 bits per heavy atom. The van der Waals surface area contributed by atoms with Crippen molar-refractivity contribution in [2.24, 2.45) is 0 Å². The number of benzene rings is 4. The Labute approximate surface area is 172 Å². The lowest BCUT2D eigenvalue weighted by molar-refractivity contribution is 1.52. The second-order valence-electron chi connectivity index (χ2n) is 7.14. The van der Waals surface area contributed by atoms with Gasteiger partial charge in [-0.3, -0.25) is 0 Å². The van der Waals surface area contributed by atoms with E-state index >= 15 is 0 Å². The summed E-state index contributed by atoms with van der Waals surface area (Å²) in [5, 5.41) is 5.59. The second kappa shape index (κ2) is 7.05. The highest BCUT2D eigenvalue weighted by molar-refractivity contribution is 7.26. The van der Waals surface area contributed by atoms with Gasteiger partial charge in [-0.05, 0) is 49.2 Å². The van der Waals surface area contributed by atoms with Crippen LogP contribution in [0.3, 0.4) is 0 Å². The maximum absolute atomic E-state index is 2.26. The first-order valence-electron chi connectivity index (χ1n) is 9.45. The van der Waals surface area contributed by atoms with Crippen molar-refractivity contribution < 1.29 is 0 Å². The van der Waals surface area contributed by atoms with Crippen molar-refractivity contribution in [2.45, 2.75) is 13.8 Å². The average molecular weight is 397 g/mol. The molecule has 0 fully saturated rings. The Kier molecular flexibility index (Phi) is 4.38. The van der Waals surface area contributed by atoms with E-state index in [1.54, 1.807) is 0 Å². The number of hydrogen-bond donors (Lipinski definition) is 0. The summed E-state index contributed by atoms with van der Waals surface area (Å²) in [5.74, 6) is 0. The van der Waals surface area contributed by atoms with Crippen LogP contribution in [-0.2, 0) is 0 Å². The highest BCUT2D eigenvalue weighted by atomic mass is 32.1. The van der Waals surface area contributed by atoms with E-state index in [2.05, 4.69) is 98.8 Å². The van der Waals surface area contributed by atoms with Gasteiger partial charge in [-0.2, -0.15) is 0 Å². The minimum absolute atomic E-state index is 1.34. The molecule has 0 spiro atoms. The zero-order chi connectivity index (χ0) is 19.1. The van der Waals surface area contributed by atoms with Gasteiger partial charge < -0.3 is 0 Å². The molecule has 0 N–H and O–H groups in total. The third-order valence-corrected chi connectivity index (χ3v) is 7.41. The molecule has 4 aromatic carbocycles. The van der Waals surface area contributed by atoms with Gasteiger partial charge >= 0.3 is 0 Å². The maximum Gasteiger partial charge on any atom is 0.0358 e. The Morgan fingerprint density at radius 1 is 0.500 bits per heavy atom. The van der Waals surface area contributed by atoms with E-state index in [9.17, 15) is 0 Å². The molecule has 0 saturated heterocycles. The molecule has 0 amide bonds. The van der Waals surface area contributed by atoms with Gasteiger partial charge in [0.05, 0.1) is 0 Å². The van der Waals surface area contributed by atoms with Crippen molar-refractivity contribution in [2.75, 3.05) is 0 Å². The van der Waals surface area contributed by atoms with E-state index in [1.165, 1.54) is 51.5 Å². The predicted molar refractivity (Wildman–Crippen MR) is 128 cm³/mol. The van der Waals surface area contributed by atoms with Crippen LogP contribution in [0.1, 0.15) is 11.1 Å². The van der Waals surface area contributed by atoms with Gasteiger partial charge in [0.1, 0.15) is 0 Å². The van der Waals surface area contributed by atoms with Gasteiger partial charge in [0.2, 0.25) is 0 Å². The minimum atomic E-state index is 1.34. The molecule has 0 aliphatic carbocycles. The van der Waals surface area contributed by atoms with Crippen LogP contribution in [0.4, 0.5) is 0 Å². The third kappa shape index (κ3) is 2.99. The molecule has 0 atom stereocenters. The van der Waals surface area contributed by atoms with Crippen molar-refractivity contribution in [1.82, 2.24) is 0 Å². The third-order valence-electron chi connectivity index (χ3n) is 5.15. The Bertz CT molecular complexity index is 1430. The Balaban J connectivity index is 0.000000122. The van der Waals surface area contributed by atoms with Crippen molar-refractivity contribution in [1.29, 1.82) is 0 Å². The van der Waals surface area contributed by atoms with E-state index < -0.39 is 0 Å². The van der Waals surface area contributed by atoms with Crippen LogP contribution in [0.5, 0.6) is 0 Å². The van der Waals surface area contributed by atoms with Crippen molar-refractivity contribution in [3.8, 4) is 0 Å². The topological polar surface area (TPSA) is 0 Å². The SMILES string of the molecule is Cc1ccc2c(c1)sc1ccccc12.Cc1cccc2sc3ccccc3c12. The van der Waals surface area contributed by atoms with Crippen LogP contribution in [-0.4, -0.2) is 0 Å². The molecule has 0 saturated carbocycles. The standard InChI is InChI=1S/2C13H10S/c1-9-5-4-8-12-13(9)10-6-2-3-7-11(10)14-12;1-9-6-7-11-10-4-2-3-5-12(10)14-13(11)8-9/h2*2-8H,1H3. The van der Waals surface area contributed by atoms with Crippen LogP contribution in [0.15, 0.2) is 84.9 Å². The zero-order valence-electron chi connectivity index (χ0n) is 15.9. The largest absolute Gasteiger partial charge is 0.135 e. The monoisotopic (exact) mass is 396 g/mol. The van der Waals surface area contributed by atoms with Crippen molar-refractivity contribution in [3.05, 3.63) is 96.1 Å². The molecule has 6 rings (SSSR count). The molecule has 2 heteroatoms. The normalized spacial score (nSPS) is 11.2. The van der Waals surface area contributed by atoms with Gasteiger partial charge in [0.25, 0.3) is 0 Å². The molecule has 0 bridgehead atoms. The maximum atomic E-state index is 2.26. The lowest BCUT2D eigenvalue weighted by Gasteiger charge is -1.95. The number of hydrogen-bond acceptors (Lipinski definition) is 2. The van der Waals surface area contributed by atoms with E-state index in [-0.39, 0.29) is 0 Å². The predicted octanol–water partition coefficient (Wildman–Crippen LogP) is 8.73. The number of rotatable bonds is 0. The molecule has 0 aliphatic rings. The smallest absolute Gasteiger partial charge is 0.0358 e. The quantitative estimate of drug-likeness (QED) is 0.241. The number of aryl methyl sites for hydroxylation is 2. The number of fused-ring (bicyclic) bond motifs is 6. The fraction of sp³-hybridized carbons (Fsp3) is 0.0769. The lowest BCUT2D eigenvalue weighted by Crippen LogP contribution is -1.72. The molecular formula is C26H20S2. The van der Waals surface area contributed by atoms with Crippen LogP contribution in [0.25, 0.3) is 40.3 Å².